The van der Waals surface area contributed by atoms with Crippen LogP contribution in [-0.4, -0.2) is 26.7 Å². The second-order valence-electron chi connectivity index (χ2n) is 8.47. The molecule has 0 fully saturated rings. The highest BCUT2D eigenvalue weighted by molar-refractivity contribution is 7.86. The van der Waals surface area contributed by atoms with Gasteiger partial charge in [-0.15, -0.1) is 6.42 Å². The molecular formula is C30H23NO6S. The van der Waals surface area contributed by atoms with Crippen LogP contribution in [-0.2, 0) is 10.1 Å². The van der Waals surface area contributed by atoms with Gasteiger partial charge in [0, 0.05) is 39.7 Å². The van der Waals surface area contributed by atoms with E-state index in [4.69, 9.17) is 20.6 Å². The van der Waals surface area contributed by atoms with Crippen LogP contribution < -0.4 is 30.0 Å². The van der Waals surface area contributed by atoms with Crippen molar-refractivity contribution in [3.05, 3.63) is 100 Å². The lowest BCUT2D eigenvalue weighted by molar-refractivity contribution is 0.368. The minimum atomic E-state index is -4.49. The Morgan fingerprint density at radius 2 is 1.82 bits per heavy atom. The van der Waals surface area contributed by atoms with Gasteiger partial charge in [0.25, 0.3) is 10.1 Å². The third-order valence-electron chi connectivity index (χ3n) is 5.99. The Balaban J connectivity index is 1.65. The summed E-state index contributed by atoms with van der Waals surface area (Å²) in [6.07, 6.45) is 5.31. The van der Waals surface area contributed by atoms with Crippen molar-refractivity contribution in [2.45, 2.75) is 4.90 Å². The lowest BCUT2D eigenvalue weighted by atomic mass is 9.92. The summed E-state index contributed by atoms with van der Waals surface area (Å²) in [7, 11) is -2.92. The summed E-state index contributed by atoms with van der Waals surface area (Å²) < 4.78 is 51.7. The molecule has 0 amide bonds. The average molecular weight is 526 g/mol. The molecular weight excluding hydrogens is 502 g/mol. The first-order chi connectivity index (χ1) is 18.3. The maximum atomic E-state index is 12.2. The fraction of sp³-hybridized carbons (Fsp3) is 0.0667. The van der Waals surface area contributed by atoms with Crippen LogP contribution in [0, 0.1) is 12.3 Å². The van der Waals surface area contributed by atoms with Gasteiger partial charge in [-0.25, -0.2) is 0 Å². The van der Waals surface area contributed by atoms with Crippen molar-refractivity contribution in [3.8, 4) is 35.3 Å². The van der Waals surface area contributed by atoms with E-state index in [0.29, 0.717) is 56.3 Å². The number of hydrogen-bond acceptors (Lipinski definition) is 6. The van der Waals surface area contributed by atoms with Gasteiger partial charge in [-0.3, -0.25) is 4.55 Å². The molecule has 5 rings (SSSR count). The fourth-order valence-electron chi connectivity index (χ4n) is 4.36. The molecule has 1 heterocycles. The molecule has 1 aliphatic rings. The van der Waals surface area contributed by atoms with E-state index in [9.17, 15) is 13.0 Å². The van der Waals surface area contributed by atoms with Crippen LogP contribution >= 0.6 is 0 Å². The van der Waals surface area contributed by atoms with Crippen LogP contribution in [0.3, 0.4) is 0 Å². The minimum absolute atomic E-state index is 0.135. The molecule has 0 spiro atoms. The van der Waals surface area contributed by atoms with E-state index in [0.717, 1.165) is 5.22 Å². The first kappa shape index (κ1) is 25.0. The van der Waals surface area contributed by atoms with Gasteiger partial charge < -0.3 is 19.5 Å². The molecule has 4 aromatic carbocycles. The molecule has 0 unspecified atom stereocenters. The molecule has 4 aromatic rings. The lowest BCUT2D eigenvalue weighted by Gasteiger charge is -2.23. The molecule has 0 bridgehead atoms. The summed E-state index contributed by atoms with van der Waals surface area (Å²) >= 11 is 0. The van der Waals surface area contributed by atoms with Crippen molar-refractivity contribution < 1.29 is 27.2 Å². The molecule has 8 heteroatoms. The lowest BCUT2D eigenvalue weighted by Crippen LogP contribution is -2.20. The van der Waals surface area contributed by atoms with Gasteiger partial charge in [0.2, 0.25) is 0 Å². The van der Waals surface area contributed by atoms with Gasteiger partial charge in [-0.1, -0.05) is 42.8 Å². The Morgan fingerprint density at radius 1 is 1.00 bits per heavy atom. The standard InChI is InChI=1S/C30H23NO6S/c1-4-15-36-21-11-14-26(35-3)25(18-21)31-20-10-13-23-28(17-20)37-27-16-19(2)9-12-22(27)30(23)24-7-5-6-8-29(24)38(32,33)34/h1,5-14,16-18,31H,2,15H2,3H3,(H,32,33,34). The minimum Gasteiger partial charge on any atom is -0.495 e. The van der Waals surface area contributed by atoms with E-state index >= 15 is 0 Å². The molecule has 7 nitrogen and oxygen atoms in total. The molecule has 1 aliphatic heterocycles. The first-order valence-electron chi connectivity index (χ1n) is 11.5. The van der Waals surface area contributed by atoms with E-state index in [1.807, 2.05) is 24.3 Å². The van der Waals surface area contributed by atoms with E-state index in [-0.39, 0.29) is 11.5 Å². The maximum absolute atomic E-state index is 12.2. The average Bonchev–Trinajstić information content (AvgIpc) is 2.90. The van der Waals surface area contributed by atoms with Gasteiger partial charge >= 0.3 is 0 Å². The fourth-order valence-corrected chi connectivity index (χ4v) is 5.05. The molecule has 0 radical (unpaired) electrons. The smallest absolute Gasteiger partial charge is 0.295 e. The Hall–Kier alpha value is -4.71. The number of benzene rings is 4. The third-order valence-corrected chi connectivity index (χ3v) is 6.90. The number of anilines is 2. The molecule has 190 valence electrons. The van der Waals surface area contributed by atoms with Gasteiger partial charge in [0.1, 0.15) is 34.5 Å². The van der Waals surface area contributed by atoms with Crippen LogP contribution in [0.5, 0.6) is 23.0 Å². The number of methoxy groups -OCH3 is 1. The van der Waals surface area contributed by atoms with Gasteiger partial charge in [-0.05, 0) is 41.6 Å². The van der Waals surface area contributed by atoms with Crippen LogP contribution in [0.4, 0.5) is 11.4 Å². The van der Waals surface area contributed by atoms with Crippen LogP contribution in [0.15, 0.2) is 83.8 Å². The van der Waals surface area contributed by atoms with Crippen molar-refractivity contribution >= 4 is 33.6 Å². The van der Waals surface area contributed by atoms with Crippen LogP contribution in [0.1, 0.15) is 11.1 Å². The molecule has 0 aromatic heterocycles. The monoisotopic (exact) mass is 525 g/mol. The number of nitrogens with one attached hydrogen (secondary N) is 1. The third kappa shape index (κ3) is 4.81. The van der Waals surface area contributed by atoms with Crippen molar-refractivity contribution in [2.24, 2.45) is 0 Å². The van der Waals surface area contributed by atoms with Gasteiger partial charge in [0.15, 0.2) is 0 Å². The zero-order valence-corrected chi connectivity index (χ0v) is 21.2. The quantitative estimate of drug-likeness (QED) is 0.239. The molecule has 2 N–H and O–H groups in total. The summed E-state index contributed by atoms with van der Waals surface area (Å²) in [5.74, 6) is 4.63. The predicted octanol–water partition coefficient (Wildman–Crippen LogP) is 4.46. The normalized spacial score (nSPS) is 12.0. The molecule has 0 atom stereocenters. The SMILES string of the molecule is C#CCOc1ccc(OC)c(Nc2ccc3c(c2)Oc2cc(=C)ccc2=C3c2ccccc2S(=O)(=O)O)c1. The van der Waals surface area contributed by atoms with Gasteiger partial charge in [0.05, 0.1) is 12.8 Å². The van der Waals surface area contributed by atoms with E-state index in [1.165, 1.54) is 6.07 Å². The highest BCUT2D eigenvalue weighted by atomic mass is 32.2. The Kier molecular flexibility index (Phi) is 6.55. The summed E-state index contributed by atoms with van der Waals surface area (Å²) in [6, 6.07) is 22.5. The van der Waals surface area contributed by atoms with Crippen molar-refractivity contribution in [3.63, 3.8) is 0 Å². The van der Waals surface area contributed by atoms with E-state index in [1.54, 1.807) is 55.6 Å². The zero-order valence-electron chi connectivity index (χ0n) is 20.4. The summed E-state index contributed by atoms with van der Waals surface area (Å²) in [4.78, 5) is -0.191. The highest BCUT2D eigenvalue weighted by Crippen LogP contribution is 2.40. The van der Waals surface area contributed by atoms with Crippen molar-refractivity contribution in [1.82, 2.24) is 0 Å². The van der Waals surface area contributed by atoms with Gasteiger partial charge in [-0.2, -0.15) is 8.42 Å². The maximum Gasteiger partial charge on any atom is 0.295 e. The predicted molar refractivity (Wildman–Crippen MR) is 146 cm³/mol. The van der Waals surface area contributed by atoms with Crippen LogP contribution in [0.2, 0.25) is 0 Å². The largest absolute Gasteiger partial charge is 0.495 e. The molecule has 0 aliphatic carbocycles. The molecule has 0 saturated carbocycles. The Morgan fingerprint density at radius 3 is 2.58 bits per heavy atom. The van der Waals surface area contributed by atoms with Crippen molar-refractivity contribution in [1.29, 1.82) is 0 Å². The topological polar surface area (TPSA) is 94.1 Å². The number of ether oxygens (including phenoxy) is 3. The summed E-state index contributed by atoms with van der Waals surface area (Å²) in [5, 5.41) is 4.74. The summed E-state index contributed by atoms with van der Waals surface area (Å²) in [6.45, 7) is 4.12. The Labute approximate surface area is 220 Å². The molecule has 0 saturated heterocycles. The molecule has 38 heavy (non-hydrogen) atoms. The van der Waals surface area contributed by atoms with E-state index < -0.39 is 10.1 Å². The highest BCUT2D eigenvalue weighted by Gasteiger charge is 2.25. The zero-order chi connectivity index (χ0) is 26.9. The first-order valence-corrected chi connectivity index (χ1v) is 13.0. The summed E-state index contributed by atoms with van der Waals surface area (Å²) in [5.41, 5.74) is 2.97. The number of hydrogen-bond donors (Lipinski definition) is 2. The number of fused-ring (bicyclic) bond motifs is 2. The second-order valence-corrected chi connectivity index (χ2v) is 9.86. The van der Waals surface area contributed by atoms with E-state index in [2.05, 4.69) is 17.8 Å². The number of terminal acetylenes is 1. The second kappa shape index (κ2) is 9.98. The number of rotatable bonds is 7. The Bertz CT molecular complexity index is 1820. The van der Waals surface area contributed by atoms with Crippen LogP contribution in [0.25, 0.3) is 12.2 Å². The van der Waals surface area contributed by atoms with Crippen molar-refractivity contribution in [2.75, 3.05) is 19.0 Å².